The van der Waals surface area contributed by atoms with Crippen molar-refractivity contribution in [3.8, 4) is 0 Å². The lowest BCUT2D eigenvalue weighted by Crippen LogP contribution is -2.19. The quantitative estimate of drug-likeness (QED) is 0.534. The predicted octanol–water partition coefficient (Wildman–Crippen LogP) is 5.46. The number of rotatable bonds is 0. The van der Waals surface area contributed by atoms with Crippen LogP contribution in [0.1, 0.15) is 31.9 Å². The van der Waals surface area contributed by atoms with Gasteiger partial charge in [-0.3, -0.25) is 0 Å². The summed E-state index contributed by atoms with van der Waals surface area (Å²) in [6.45, 7) is 6.93. The molecule has 2 aliphatic carbocycles. The summed E-state index contributed by atoms with van der Waals surface area (Å²) in [7, 11) is 0. The van der Waals surface area contributed by atoms with E-state index >= 15 is 0 Å². The van der Waals surface area contributed by atoms with Crippen molar-refractivity contribution in [2.24, 2.45) is 5.92 Å². The average molecular weight is 368 g/mol. The van der Waals surface area contributed by atoms with Crippen molar-refractivity contribution in [2.45, 2.75) is 31.0 Å². The molecule has 0 saturated heterocycles. The van der Waals surface area contributed by atoms with E-state index in [2.05, 4.69) is 83.0 Å². The minimum Gasteiger partial charge on any atom is -0.0839 e. The van der Waals surface area contributed by atoms with Crippen LogP contribution < -0.4 is 0 Å². The largest absolute Gasteiger partial charge is 0.0839 e. The molecule has 0 heterocycles. The minimum atomic E-state index is 0.128. The van der Waals surface area contributed by atoms with Crippen LogP contribution in [-0.4, -0.2) is 4.83 Å². The molecule has 0 bridgehead atoms. The lowest BCUT2D eigenvalue weighted by Gasteiger charge is -2.27. The van der Waals surface area contributed by atoms with Crippen molar-refractivity contribution in [3.05, 3.63) is 51.5 Å². The van der Waals surface area contributed by atoms with Gasteiger partial charge in [0.15, 0.2) is 0 Å². The average Bonchev–Trinajstić information content (AvgIpc) is 2.50. The Morgan fingerprint density at radius 2 is 1.89 bits per heavy atom. The molecule has 18 heavy (non-hydrogen) atoms. The van der Waals surface area contributed by atoms with Gasteiger partial charge in [-0.15, -0.1) is 0 Å². The monoisotopic (exact) mass is 366 g/mol. The molecule has 2 heteroatoms. The van der Waals surface area contributed by atoms with Crippen LogP contribution in [0.25, 0.3) is 5.57 Å². The van der Waals surface area contributed by atoms with Crippen molar-refractivity contribution in [1.29, 1.82) is 0 Å². The number of alkyl halides is 1. The Labute approximate surface area is 125 Å². The third-order valence-electron chi connectivity index (χ3n) is 4.17. The highest BCUT2D eigenvalue weighted by Gasteiger charge is 2.40. The Hall–Kier alpha value is -0.340. The summed E-state index contributed by atoms with van der Waals surface area (Å²) in [5, 5.41) is 0. The van der Waals surface area contributed by atoms with E-state index in [4.69, 9.17) is 0 Å². The van der Waals surface area contributed by atoms with Gasteiger partial charge in [-0.1, -0.05) is 70.8 Å². The van der Waals surface area contributed by atoms with Crippen LogP contribution in [0.2, 0.25) is 0 Å². The van der Waals surface area contributed by atoms with E-state index in [0.29, 0.717) is 10.7 Å². The topological polar surface area (TPSA) is 0 Å². The number of fused-ring (bicyclic) bond motifs is 3. The minimum absolute atomic E-state index is 0.128. The van der Waals surface area contributed by atoms with E-state index in [1.165, 1.54) is 22.3 Å². The van der Waals surface area contributed by atoms with Gasteiger partial charge in [-0.25, -0.2) is 0 Å². The first kappa shape index (κ1) is 12.7. The Morgan fingerprint density at radius 1 is 1.17 bits per heavy atom. The van der Waals surface area contributed by atoms with Crippen LogP contribution in [0.4, 0.5) is 0 Å². The summed E-state index contributed by atoms with van der Waals surface area (Å²) in [5.41, 5.74) is 5.85. The summed E-state index contributed by atoms with van der Waals surface area (Å²) in [6, 6.07) is 6.65. The Bertz CT molecular complexity index is 579. The maximum atomic E-state index is 3.77. The van der Waals surface area contributed by atoms with Crippen molar-refractivity contribution in [3.63, 3.8) is 0 Å². The second-order valence-corrected chi connectivity index (χ2v) is 7.75. The van der Waals surface area contributed by atoms with Crippen LogP contribution >= 0.6 is 31.9 Å². The highest BCUT2D eigenvalue weighted by Crippen LogP contribution is 2.52. The number of allylic oxidation sites excluding steroid dienone is 4. The molecular weight excluding hydrogens is 352 g/mol. The summed E-state index contributed by atoms with van der Waals surface area (Å²) < 4.78 is 1.16. The maximum absolute atomic E-state index is 3.77. The summed E-state index contributed by atoms with van der Waals surface area (Å²) >= 11 is 7.35. The SMILES string of the molecule is CC1C=C2C(=CC1Br)c1cc(Br)ccc1C2(C)C. The molecular formula is C16H16Br2. The summed E-state index contributed by atoms with van der Waals surface area (Å²) in [6.07, 6.45) is 4.81. The second-order valence-electron chi connectivity index (χ2n) is 5.78. The molecule has 2 atom stereocenters. The first-order valence-electron chi connectivity index (χ1n) is 6.30. The standard InChI is InChI=1S/C16H16Br2/c1-9-6-14-12(8-15(9)18)11-7-10(17)4-5-13(11)16(14,2)3/h4-9,15H,1-3H3. The van der Waals surface area contributed by atoms with Gasteiger partial charge in [0.1, 0.15) is 0 Å². The molecule has 0 fully saturated rings. The van der Waals surface area contributed by atoms with Gasteiger partial charge < -0.3 is 0 Å². The number of benzene rings is 1. The highest BCUT2D eigenvalue weighted by molar-refractivity contribution is 9.10. The number of halogens is 2. The molecule has 0 spiro atoms. The lowest BCUT2D eigenvalue weighted by atomic mass is 9.79. The molecule has 0 aliphatic heterocycles. The zero-order valence-electron chi connectivity index (χ0n) is 10.8. The fourth-order valence-corrected chi connectivity index (χ4v) is 3.83. The summed E-state index contributed by atoms with van der Waals surface area (Å²) in [4.78, 5) is 0.442. The van der Waals surface area contributed by atoms with E-state index in [0.717, 1.165) is 4.47 Å². The molecule has 0 amide bonds. The van der Waals surface area contributed by atoms with Crippen LogP contribution in [0.5, 0.6) is 0 Å². The first-order chi connectivity index (χ1) is 8.41. The van der Waals surface area contributed by atoms with E-state index in [9.17, 15) is 0 Å². The van der Waals surface area contributed by atoms with Crippen LogP contribution in [-0.2, 0) is 5.41 Å². The van der Waals surface area contributed by atoms with Crippen molar-refractivity contribution in [2.75, 3.05) is 0 Å². The van der Waals surface area contributed by atoms with Crippen molar-refractivity contribution in [1.82, 2.24) is 0 Å². The van der Waals surface area contributed by atoms with Gasteiger partial charge in [0.25, 0.3) is 0 Å². The third kappa shape index (κ3) is 1.69. The highest BCUT2D eigenvalue weighted by atomic mass is 79.9. The fourth-order valence-electron chi connectivity index (χ4n) is 3.05. The summed E-state index contributed by atoms with van der Waals surface area (Å²) in [5.74, 6) is 0.556. The van der Waals surface area contributed by atoms with Crippen LogP contribution in [0, 0.1) is 5.92 Å². The van der Waals surface area contributed by atoms with Gasteiger partial charge in [-0.2, -0.15) is 0 Å². The van der Waals surface area contributed by atoms with E-state index in [1.807, 2.05) is 0 Å². The maximum Gasteiger partial charge on any atom is 0.0394 e. The molecule has 2 aliphatic rings. The molecule has 1 aromatic carbocycles. The molecule has 0 nitrogen and oxygen atoms in total. The van der Waals surface area contributed by atoms with Crippen molar-refractivity contribution >= 4 is 37.4 Å². The van der Waals surface area contributed by atoms with E-state index in [1.54, 1.807) is 0 Å². The predicted molar refractivity (Wildman–Crippen MR) is 85.1 cm³/mol. The molecule has 94 valence electrons. The van der Waals surface area contributed by atoms with E-state index in [-0.39, 0.29) is 5.41 Å². The fraction of sp³-hybridized carbons (Fsp3) is 0.375. The molecule has 2 unspecified atom stereocenters. The Kier molecular flexibility index (Phi) is 2.87. The molecule has 3 rings (SSSR count). The number of hydrogen-bond donors (Lipinski definition) is 0. The van der Waals surface area contributed by atoms with Crippen LogP contribution in [0.3, 0.4) is 0 Å². The smallest absolute Gasteiger partial charge is 0.0394 e. The second kappa shape index (κ2) is 4.08. The zero-order valence-corrected chi connectivity index (χ0v) is 14.0. The van der Waals surface area contributed by atoms with Gasteiger partial charge >= 0.3 is 0 Å². The molecule has 1 aromatic rings. The third-order valence-corrected chi connectivity index (χ3v) is 5.76. The Balaban J connectivity index is 2.28. The molecule has 0 N–H and O–H groups in total. The number of hydrogen-bond acceptors (Lipinski definition) is 0. The van der Waals surface area contributed by atoms with Gasteiger partial charge in [-0.05, 0) is 40.3 Å². The Morgan fingerprint density at radius 3 is 2.61 bits per heavy atom. The van der Waals surface area contributed by atoms with Gasteiger partial charge in [0.05, 0.1) is 0 Å². The van der Waals surface area contributed by atoms with Gasteiger partial charge in [0, 0.05) is 14.7 Å². The first-order valence-corrected chi connectivity index (χ1v) is 8.01. The molecule has 0 aromatic heterocycles. The van der Waals surface area contributed by atoms with Gasteiger partial charge in [0.2, 0.25) is 0 Å². The van der Waals surface area contributed by atoms with Crippen LogP contribution in [0.15, 0.2) is 40.4 Å². The van der Waals surface area contributed by atoms with E-state index < -0.39 is 0 Å². The lowest BCUT2D eigenvalue weighted by molar-refractivity contribution is 0.638. The van der Waals surface area contributed by atoms with Crippen molar-refractivity contribution < 1.29 is 0 Å². The zero-order chi connectivity index (χ0) is 13.1. The molecule has 0 saturated carbocycles. The molecule has 0 radical (unpaired) electrons. The normalized spacial score (nSPS) is 28.3.